The summed E-state index contributed by atoms with van der Waals surface area (Å²) in [5.41, 5.74) is -0.250. The molecule has 16 heavy (non-hydrogen) atoms. The molecule has 1 N–H and O–H groups in total. The van der Waals surface area contributed by atoms with E-state index in [1.54, 1.807) is 0 Å². The number of alkyl halides is 3. The van der Waals surface area contributed by atoms with E-state index in [4.69, 9.17) is 0 Å². The van der Waals surface area contributed by atoms with E-state index in [2.05, 4.69) is 15.0 Å². The minimum absolute atomic E-state index is 0.220. The van der Waals surface area contributed by atoms with Gasteiger partial charge < -0.3 is 4.98 Å². The lowest BCUT2D eigenvalue weighted by Crippen LogP contribution is -2.05. The molecule has 2 heterocycles. The minimum atomic E-state index is -4.47. The van der Waals surface area contributed by atoms with E-state index in [1.807, 2.05) is 0 Å². The van der Waals surface area contributed by atoms with Crippen LogP contribution in [0.4, 0.5) is 13.2 Å². The summed E-state index contributed by atoms with van der Waals surface area (Å²) < 4.78 is 36.8. The second-order valence-electron chi connectivity index (χ2n) is 2.84. The number of hydrogen-bond donors (Lipinski definition) is 1. The van der Waals surface area contributed by atoms with Gasteiger partial charge in [-0.1, -0.05) is 0 Å². The summed E-state index contributed by atoms with van der Waals surface area (Å²) in [7, 11) is 0. The molecule has 4 nitrogen and oxygen atoms in total. The highest BCUT2D eigenvalue weighted by atomic mass is 32.1. The molecule has 0 saturated heterocycles. The number of rotatable bonds is 1. The molecule has 0 aliphatic heterocycles. The Bertz CT molecular complexity index is 560. The van der Waals surface area contributed by atoms with Crippen molar-refractivity contribution in [1.29, 1.82) is 0 Å². The van der Waals surface area contributed by atoms with Gasteiger partial charge in [-0.2, -0.15) is 13.2 Å². The Morgan fingerprint density at radius 3 is 2.56 bits per heavy atom. The molecule has 2 aromatic heterocycles. The Morgan fingerprint density at radius 2 is 2.00 bits per heavy atom. The Balaban J connectivity index is 2.43. The first-order chi connectivity index (χ1) is 7.47. The van der Waals surface area contributed by atoms with Crippen molar-refractivity contribution in [3.05, 3.63) is 34.0 Å². The Morgan fingerprint density at radius 1 is 1.25 bits per heavy atom. The number of nitrogens with one attached hydrogen (secondary N) is 1. The second-order valence-corrected chi connectivity index (χ2v) is 3.87. The van der Waals surface area contributed by atoms with E-state index in [0.29, 0.717) is 11.3 Å². The highest BCUT2D eigenvalue weighted by molar-refractivity contribution is 7.15. The zero-order valence-corrected chi connectivity index (χ0v) is 8.39. The van der Waals surface area contributed by atoms with Crippen molar-refractivity contribution in [1.82, 2.24) is 15.0 Å². The standard InChI is InChI=1S/C8H4F3N3OS/c9-8(10,11)7-13-2-5(16-7)4-1-12-3-6(15)14-4/h1-3H,(H,14,15). The van der Waals surface area contributed by atoms with Crippen molar-refractivity contribution < 1.29 is 13.2 Å². The van der Waals surface area contributed by atoms with Crippen molar-refractivity contribution in [2.45, 2.75) is 6.18 Å². The molecule has 8 heteroatoms. The Kier molecular flexibility index (Phi) is 2.50. The van der Waals surface area contributed by atoms with E-state index in [9.17, 15) is 18.0 Å². The lowest BCUT2D eigenvalue weighted by atomic mass is 10.4. The average molecular weight is 247 g/mol. The second kappa shape index (κ2) is 3.71. The fourth-order valence-electron chi connectivity index (χ4n) is 1.03. The number of halogens is 3. The molecule has 0 atom stereocenters. The number of hydrogen-bond acceptors (Lipinski definition) is 4. The van der Waals surface area contributed by atoms with Gasteiger partial charge in [-0.25, -0.2) is 4.98 Å². The molecule has 0 saturated carbocycles. The van der Waals surface area contributed by atoms with Crippen LogP contribution in [0.3, 0.4) is 0 Å². The zero-order valence-electron chi connectivity index (χ0n) is 7.58. The smallest absolute Gasteiger partial charge is 0.319 e. The van der Waals surface area contributed by atoms with E-state index < -0.39 is 16.7 Å². The molecule has 2 rings (SSSR count). The predicted octanol–water partition coefficient (Wildman–Crippen LogP) is 1.91. The highest BCUT2D eigenvalue weighted by Gasteiger charge is 2.34. The van der Waals surface area contributed by atoms with Crippen molar-refractivity contribution in [3.8, 4) is 10.6 Å². The topological polar surface area (TPSA) is 58.6 Å². The highest BCUT2D eigenvalue weighted by Crippen LogP contribution is 2.35. The van der Waals surface area contributed by atoms with E-state index in [1.165, 1.54) is 6.20 Å². The molecular weight excluding hydrogens is 243 g/mol. The number of H-pyrrole nitrogens is 1. The lowest BCUT2D eigenvalue weighted by Gasteiger charge is -1.99. The summed E-state index contributed by atoms with van der Waals surface area (Å²) in [6.45, 7) is 0. The number of nitrogens with zero attached hydrogens (tertiary/aromatic N) is 2. The fraction of sp³-hybridized carbons (Fsp3) is 0.125. The van der Waals surface area contributed by atoms with Gasteiger partial charge in [0.25, 0.3) is 5.56 Å². The van der Waals surface area contributed by atoms with Gasteiger partial charge in [0.05, 0.1) is 23.0 Å². The number of thiazole rings is 1. The minimum Gasteiger partial charge on any atom is -0.319 e. The first-order valence-corrected chi connectivity index (χ1v) is 4.86. The maximum Gasteiger partial charge on any atom is 0.443 e. The molecule has 0 aliphatic carbocycles. The summed E-state index contributed by atoms with van der Waals surface area (Å²) in [6, 6.07) is 0. The van der Waals surface area contributed by atoms with Crippen LogP contribution in [0.2, 0.25) is 0 Å². The maximum absolute atomic E-state index is 12.3. The summed E-state index contributed by atoms with van der Waals surface area (Å²) >= 11 is 0.455. The largest absolute Gasteiger partial charge is 0.443 e. The van der Waals surface area contributed by atoms with Crippen molar-refractivity contribution >= 4 is 11.3 Å². The normalized spacial score (nSPS) is 11.7. The first-order valence-electron chi connectivity index (χ1n) is 4.04. The molecule has 0 aromatic carbocycles. The molecule has 0 amide bonds. The number of aromatic nitrogens is 3. The third-order valence-corrected chi connectivity index (χ3v) is 2.74. The molecule has 0 radical (unpaired) electrons. The molecule has 0 spiro atoms. The van der Waals surface area contributed by atoms with Crippen LogP contribution in [0.25, 0.3) is 10.6 Å². The van der Waals surface area contributed by atoms with Crippen LogP contribution in [0.15, 0.2) is 23.4 Å². The van der Waals surface area contributed by atoms with Gasteiger partial charge in [-0.3, -0.25) is 9.78 Å². The van der Waals surface area contributed by atoms with Crippen LogP contribution in [0, 0.1) is 0 Å². The van der Waals surface area contributed by atoms with Gasteiger partial charge in [0, 0.05) is 6.20 Å². The van der Waals surface area contributed by atoms with Crippen molar-refractivity contribution in [2.24, 2.45) is 0 Å². The van der Waals surface area contributed by atoms with Gasteiger partial charge >= 0.3 is 6.18 Å². The van der Waals surface area contributed by atoms with Crippen LogP contribution in [0.5, 0.6) is 0 Å². The van der Waals surface area contributed by atoms with Crippen LogP contribution in [-0.2, 0) is 6.18 Å². The Labute approximate surface area is 90.8 Å². The van der Waals surface area contributed by atoms with E-state index >= 15 is 0 Å². The molecule has 2 aromatic rings. The average Bonchev–Trinajstić information content (AvgIpc) is 2.65. The van der Waals surface area contributed by atoms with Crippen molar-refractivity contribution in [2.75, 3.05) is 0 Å². The molecule has 0 bridgehead atoms. The zero-order chi connectivity index (χ0) is 11.8. The van der Waals surface area contributed by atoms with Gasteiger partial charge in [0.1, 0.15) is 0 Å². The van der Waals surface area contributed by atoms with Gasteiger partial charge in [-0.05, 0) is 0 Å². The third-order valence-electron chi connectivity index (χ3n) is 1.67. The summed E-state index contributed by atoms with van der Waals surface area (Å²) in [4.78, 5) is 20.3. The van der Waals surface area contributed by atoms with Crippen LogP contribution >= 0.6 is 11.3 Å². The lowest BCUT2D eigenvalue weighted by molar-refractivity contribution is -0.137. The van der Waals surface area contributed by atoms with E-state index in [0.717, 1.165) is 12.4 Å². The van der Waals surface area contributed by atoms with Gasteiger partial charge in [0.15, 0.2) is 5.01 Å². The Hall–Kier alpha value is -1.70. The predicted molar refractivity (Wildman–Crippen MR) is 51.0 cm³/mol. The molecule has 0 fully saturated rings. The fourth-order valence-corrected chi connectivity index (χ4v) is 1.78. The monoisotopic (exact) mass is 247 g/mol. The molecule has 0 unspecified atom stereocenters. The summed E-state index contributed by atoms with van der Waals surface area (Å²) in [5, 5.41) is -0.952. The molecular formula is C8H4F3N3OS. The molecule has 84 valence electrons. The third kappa shape index (κ3) is 2.11. The summed E-state index contributed by atoms with van der Waals surface area (Å²) in [5.74, 6) is 0. The first kappa shape index (κ1) is 10.8. The SMILES string of the molecule is O=c1cncc(-c2cnc(C(F)(F)F)s2)[nH]1. The van der Waals surface area contributed by atoms with Gasteiger partial charge in [-0.15, -0.1) is 11.3 Å². The van der Waals surface area contributed by atoms with Crippen LogP contribution in [-0.4, -0.2) is 15.0 Å². The van der Waals surface area contributed by atoms with Crippen molar-refractivity contribution in [3.63, 3.8) is 0 Å². The molecule has 0 aliphatic rings. The van der Waals surface area contributed by atoms with Crippen LogP contribution in [0.1, 0.15) is 5.01 Å². The van der Waals surface area contributed by atoms with Crippen LogP contribution < -0.4 is 5.56 Å². The maximum atomic E-state index is 12.3. The summed E-state index contributed by atoms with van der Waals surface area (Å²) in [6.07, 6.45) is -1.10. The van der Waals surface area contributed by atoms with E-state index in [-0.39, 0.29) is 10.6 Å². The van der Waals surface area contributed by atoms with Gasteiger partial charge in [0.2, 0.25) is 0 Å². The quantitative estimate of drug-likeness (QED) is 0.837. The number of aromatic amines is 1.